The maximum absolute atomic E-state index is 12.9. The Kier molecular flexibility index (Phi) is 6.66. The molecule has 3 heterocycles. The Labute approximate surface area is 180 Å². The fraction of sp³-hybridized carbons (Fsp3) is 0.476. The first kappa shape index (κ1) is 20.8. The topological polar surface area (TPSA) is 79.7 Å². The van der Waals surface area contributed by atoms with E-state index in [2.05, 4.69) is 15.3 Å². The Hall–Kier alpha value is -2.42. The second-order valence-electron chi connectivity index (χ2n) is 7.56. The summed E-state index contributed by atoms with van der Waals surface area (Å²) in [5, 5.41) is 7.89. The summed E-state index contributed by atoms with van der Waals surface area (Å²) in [6.07, 6.45) is 0.867. The molecule has 0 aliphatic carbocycles. The lowest BCUT2D eigenvalue weighted by Crippen LogP contribution is -2.39. The van der Waals surface area contributed by atoms with Gasteiger partial charge in [-0.05, 0) is 30.7 Å². The molecule has 1 saturated heterocycles. The van der Waals surface area contributed by atoms with Crippen molar-refractivity contribution >= 4 is 23.4 Å². The van der Waals surface area contributed by atoms with Crippen LogP contribution < -0.4 is 5.32 Å². The number of hydrogen-bond acceptors (Lipinski definition) is 5. The van der Waals surface area contributed by atoms with Gasteiger partial charge in [0.2, 0.25) is 0 Å². The van der Waals surface area contributed by atoms with Gasteiger partial charge in [-0.15, -0.1) is 0 Å². The van der Waals surface area contributed by atoms with E-state index in [-0.39, 0.29) is 17.5 Å². The molecule has 2 aromatic rings. The standard InChI is InChI=1S/C21H26ClN5O3/c22-17-4-1-3-16(13-17)15-26-7-8-27-19(21(26)29)14-18(24-27)20(28)23-5-2-6-25-9-11-30-12-10-25/h1,3-4,13-14H,2,5-12,15H2,(H,23,28). The van der Waals surface area contributed by atoms with Gasteiger partial charge in [-0.1, -0.05) is 23.7 Å². The lowest BCUT2D eigenvalue weighted by Gasteiger charge is -2.27. The number of nitrogens with one attached hydrogen (secondary N) is 1. The molecule has 1 aromatic heterocycles. The molecule has 9 heteroatoms. The number of nitrogens with zero attached hydrogens (tertiary/aromatic N) is 4. The Morgan fingerprint density at radius 3 is 2.80 bits per heavy atom. The number of fused-ring (bicyclic) bond motifs is 1. The summed E-state index contributed by atoms with van der Waals surface area (Å²) in [5.74, 6) is -0.367. The number of benzene rings is 1. The van der Waals surface area contributed by atoms with Crippen LogP contribution in [-0.4, -0.2) is 77.3 Å². The third kappa shape index (κ3) is 5.00. The fourth-order valence-corrected chi connectivity index (χ4v) is 3.99. The van der Waals surface area contributed by atoms with Crippen LogP contribution in [0, 0.1) is 0 Å². The van der Waals surface area contributed by atoms with Crippen LogP contribution in [0.3, 0.4) is 0 Å². The van der Waals surface area contributed by atoms with E-state index in [1.165, 1.54) is 0 Å². The molecule has 8 nitrogen and oxygen atoms in total. The van der Waals surface area contributed by atoms with Crippen LogP contribution in [0.1, 0.15) is 33.0 Å². The van der Waals surface area contributed by atoms with Crippen molar-refractivity contribution in [1.29, 1.82) is 0 Å². The molecular formula is C21H26ClN5O3. The molecule has 1 fully saturated rings. The number of rotatable bonds is 7. The lowest BCUT2D eigenvalue weighted by atomic mass is 10.2. The molecule has 1 aromatic carbocycles. The fourth-order valence-electron chi connectivity index (χ4n) is 3.78. The Bertz CT molecular complexity index is 910. The molecule has 30 heavy (non-hydrogen) atoms. The zero-order chi connectivity index (χ0) is 20.9. The molecule has 0 spiro atoms. The van der Waals surface area contributed by atoms with Crippen molar-refractivity contribution in [3.8, 4) is 0 Å². The molecule has 1 N–H and O–H groups in total. The first-order chi connectivity index (χ1) is 14.6. The van der Waals surface area contributed by atoms with Crippen LogP contribution in [0.15, 0.2) is 30.3 Å². The highest BCUT2D eigenvalue weighted by Gasteiger charge is 2.28. The Morgan fingerprint density at radius 1 is 1.17 bits per heavy atom. The highest BCUT2D eigenvalue weighted by atomic mass is 35.5. The predicted octanol–water partition coefficient (Wildman–Crippen LogP) is 1.64. The summed E-state index contributed by atoms with van der Waals surface area (Å²) in [5.41, 5.74) is 1.71. The average Bonchev–Trinajstić information content (AvgIpc) is 3.19. The first-order valence-corrected chi connectivity index (χ1v) is 10.7. The van der Waals surface area contributed by atoms with Crippen molar-refractivity contribution < 1.29 is 14.3 Å². The smallest absolute Gasteiger partial charge is 0.272 e. The largest absolute Gasteiger partial charge is 0.379 e. The molecule has 0 bridgehead atoms. The van der Waals surface area contributed by atoms with E-state index in [4.69, 9.17) is 16.3 Å². The number of amides is 2. The van der Waals surface area contributed by atoms with E-state index in [0.29, 0.717) is 36.9 Å². The van der Waals surface area contributed by atoms with Crippen molar-refractivity contribution in [2.24, 2.45) is 0 Å². The van der Waals surface area contributed by atoms with Gasteiger partial charge in [0.25, 0.3) is 11.8 Å². The molecule has 0 unspecified atom stereocenters. The van der Waals surface area contributed by atoms with Gasteiger partial charge in [-0.2, -0.15) is 5.10 Å². The van der Waals surface area contributed by atoms with Crippen molar-refractivity contribution in [2.45, 2.75) is 19.5 Å². The van der Waals surface area contributed by atoms with Gasteiger partial charge in [-0.25, -0.2) is 0 Å². The molecule has 0 atom stereocenters. The minimum absolute atomic E-state index is 0.125. The summed E-state index contributed by atoms with van der Waals surface area (Å²) in [6, 6.07) is 9.07. The van der Waals surface area contributed by atoms with E-state index >= 15 is 0 Å². The maximum atomic E-state index is 12.9. The molecule has 160 valence electrons. The summed E-state index contributed by atoms with van der Waals surface area (Å²) >= 11 is 6.04. The number of morpholine rings is 1. The van der Waals surface area contributed by atoms with E-state index in [1.54, 1.807) is 15.6 Å². The molecule has 2 aliphatic heterocycles. The molecule has 2 amide bonds. The van der Waals surface area contributed by atoms with Crippen LogP contribution in [0.2, 0.25) is 5.02 Å². The van der Waals surface area contributed by atoms with Gasteiger partial charge < -0.3 is 15.0 Å². The number of hydrogen-bond donors (Lipinski definition) is 1. The monoisotopic (exact) mass is 431 g/mol. The molecule has 0 radical (unpaired) electrons. The maximum Gasteiger partial charge on any atom is 0.272 e. The number of carbonyl (C=O) groups is 2. The number of ether oxygens (including phenoxy) is 1. The minimum atomic E-state index is -0.243. The quantitative estimate of drug-likeness (QED) is 0.674. The third-order valence-corrected chi connectivity index (χ3v) is 5.64. The van der Waals surface area contributed by atoms with E-state index in [9.17, 15) is 9.59 Å². The third-order valence-electron chi connectivity index (χ3n) is 5.40. The first-order valence-electron chi connectivity index (χ1n) is 10.3. The molecule has 2 aliphatic rings. The van der Waals surface area contributed by atoms with Gasteiger partial charge in [0.1, 0.15) is 5.69 Å². The van der Waals surface area contributed by atoms with Gasteiger partial charge in [-0.3, -0.25) is 19.2 Å². The van der Waals surface area contributed by atoms with Gasteiger partial charge in [0, 0.05) is 43.8 Å². The number of halogens is 1. The van der Waals surface area contributed by atoms with Gasteiger partial charge in [0.05, 0.1) is 19.8 Å². The highest BCUT2D eigenvalue weighted by Crippen LogP contribution is 2.18. The molecule has 4 rings (SSSR count). The van der Waals surface area contributed by atoms with E-state index in [0.717, 1.165) is 44.8 Å². The zero-order valence-electron chi connectivity index (χ0n) is 16.8. The zero-order valence-corrected chi connectivity index (χ0v) is 17.6. The SMILES string of the molecule is O=C(NCCCN1CCOCC1)c1cc2n(n1)CCN(Cc1cccc(Cl)c1)C2=O. The summed E-state index contributed by atoms with van der Waals surface area (Å²) in [7, 11) is 0. The summed E-state index contributed by atoms with van der Waals surface area (Å²) < 4.78 is 6.96. The number of aromatic nitrogens is 2. The minimum Gasteiger partial charge on any atom is -0.379 e. The van der Waals surface area contributed by atoms with Gasteiger partial charge >= 0.3 is 0 Å². The Balaban J connectivity index is 1.31. The van der Waals surface area contributed by atoms with E-state index in [1.807, 2.05) is 24.3 Å². The second-order valence-corrected chi connectivity index (χ2v) is 7.99. The van der Waals surface area contributed by atoms with Crippen LogP contribution in [0.5, 0.6) is 0 Å². The normalized spacial score (nSPS) is 17.1. The molecular weight excluding hydrogens is 406 g/mol. The highest BCUT2D eigenvalue weighted by molar-refractivity contribution is 6.30. The van der Waals surface area contributed by atoms with Crippen LogP contribution in [-0.2, 0) is 17.8 Å². The summed E-state index contributed by atoms with van der Waals surface area (Å²) in [4.78, 5) is 29.4. The number of carbonyl (C=O) groups excluding carboxylic acids is 2. The van der Waals surface area contributed by atoms with Crippen LogP contribution in [0.4, 0.5) is 0 Å². The van der Waals surface area contributed by atoms with Crippen LogP contribution >= 0.6 is 11.6 Å². The Morgan fingerprint density at radius 2 is 2.00 bits per heavy atom. The lowest BCUT2D eigenvalue weighted by molar-refractivity contribution is 0.0374. The van der Waals surface area contributed by atoms with E-state index < -0.39 is 0 Å². The predicted molar refractivity (Wildman–Crippen MR) is 113 cm³/mol. The molecule has 0 saturated carbocycles. The van der Waals surface area contributed by atoms with Crippen molar-refractivity contribution in [1.82, 2.24) is 24.9 Å². The second kappa shape index (κ2) is 9.59. The average molecular weight is 432 g/mol. The summed E-state index contributed by atoms with van der Waals surface area (Å²) in [6.45, 7) is 6.52. The van der Waals surface area contributed by atoms with Gasteiger partial charge in [0.15, 0.2) is 5.69 Å². The van der Waals surface area contributed by atoms with Crippen molar-refractivity contribution in [2.75, 3.05) is 45.9 Å². The van der Waals surface area contributed by atoms with Crippen LogP contribution in [0.25, 0.3) is 0 Å². The van der Waals surface area contributed by atoms with Crippen molar-refractivity contribution in [3.05, 3.63) is 52.3 Å². The van der Waals surface area contributed by atoms with Crippen molar-refractivity contribution in [3.63, 3.8) is 0 Å².